The molecular formula is C17H23BrO3. The van der Waals surface area contributed by atoms with Crippen molar-refractivity contribution in [3.8, 4) is 5.75 Å². The van der Waals surface area contributed by atoms with Gasteiger partial charge in [0.25, 0.3) is 0 Å². The molecule has 2 unspecified atom stereocenters. The van der Waals surface area contributed by atoms with Crippen molar-refractivity contribution in [2.24, 2.45) is 11.3 Å². The van der Waals surface area contributed by atoms with Crippen molar-refractivity contribution in [2.75, 3.05) is 7.11 Å². The van der Waals surface area contributed by atoms with Gasteiger partial charge in [-0.15, -0.1) is 0 Å². The number of hydrogen-bond acceptors (Lipinski definition) is 2. The number of benzene rings is 1. The number of rotatable bonds is 5. The molecule has 0 aliphatic heterocycles. The largest absolute Gasteiger partial charge is 0.496 e. The van der Waals surface area contributed by atoms with Crippen molar-refractivity contribution in [2.45, 2.75) is 45.4 Å². The first-order valence-corrected chi connectivity index (χ1v) is 8.36. The van der Waals surface area contributed by atoms with Gasteiger partial charge in [-0.2, -0.15) is 0 Å². The molecule has 1 aromatic carbocycles. The van der Waals surface area contributed by atoms with Crippen LogP contribution in [-0.4, -0.2) is 18.2 Å². The van der Waals surface area contributed by atoms with Gasteiger partial charge in [-0.1, -0.05) is 42.1 Å². The van der Waals surface area contributed by atoms with Gasteiger partial charge in [0.05, 0.1) is 12.5 Å². The molecule has 0 radical (unpaired) electrons. The van der Waals surface area contributed by atoms with Crippen LogP contribution in [-0.2, 0) is 11.2 Å². The Morgan fingerprint density at radius 3 is 2.90 bits per heavy atom. The number of carbonyl (C=O) groups is 1. The number of hydrogen-bond donors (Lipinski definition) is 1. The topological polar surface area (TPSA) is 46.5 Å². The van der Waals surface area contributed by atoms with Gasteiger partial charge in [0.2, 0.25) is 0 Å². The van der Waals surface area contributed by atoms with Crippen LogP contribution >= 0.6 is 15.9 Å². The van der Waals surface area contributed by atoms with E-state index in [4.69, 9.17) is 4.74 Å². The molecule has 0 amide bonds. The molecule has 2 rings (SSSR count). The lowest BCUT2D eigenvalue weighted by molar-refractivity contribution is -0.152. The Labute approximate surface area is 134 Å². The van der Waals surface area contributed by atoms with E-state index in [9.17, 15) is 9.90 Å². The van der Waals surface area contributed by atoms with Crippen LogP contribution in [0.2, 0.25) is 0 Å². The minimum absolute atomic E-state index is 0.521. The van der Waals surface area contributed by atoms with Crippen LogP contribution in [0.5, 0.6) is 5.75 Å². The van der Waals surface area contributed by atoms with Gasteiger partial charge < -0.3 is 9.84 Å². The smallest absolute Gasteiger partial charge is 0.309 e. The van der Waals surface area contributed by atoms with Gasteiger partial charge in [0.15, 0.2) is 0 Å². The van der Waals surface area contributed by atoms with Gasteiger partial charge >= 0.3 is 5.97 Å². The van der Waals surface area contributed by atoms with Gasteiger partial charge in [-0.05, 0) is 48.9 Å². The fourth-order valence-electron chi connectivity index (χ4n) is 3.51. The first-order chi connectivity index (χ1) is 10.0. The first-order valence-electron chi connectivity index (χ1n) is 7.56. The van der Waals surface area contributed by atoms with E-state index in [0.717, 1.165) is 47.9 Å². The van der Waals surface area contributed by atoms with E-state index in [1.165, 1.54) is 0 Å². The fourth-order valence-corrected chi connectivity index (χ4v) is 3.92. The van der Waals surface area contributed by atoms with Crippen LogP contribution in [0.15, 0.2) is 22.7 Å². The highest BCUT2D eigenvalue weighted by Gasteiger charge is 2.43. The van der Waals surface area contributed by atoms with Crippen molar-refractivity contribution in [1.82, 2.24) is 0 Å². The van der Waals surface area contributed by atoms with E-state index in [2.05, 4.69) is 22.9 Å². The Morgan fingerprint density at radius 1 is 1.52 bits per heavy atom. The first kappa shape index (κ1) is 16.3. The van der Waals surface area contributed by atoms with Crippen molar-refractivity contribution in [1.29, 1.82) is 0 Å². The molecule has 1 aliphatic rings. The third-order valence-electron chi connectivity index (χ3n) is 4.75. The lowest BCUT2D eigenvalue weighted by Crippen LogP contribution is -2.38. The molecule has 1 N–H and O–H groups in total. The summed E-state index contributed by atoms with van der Waals surface area (Å²) in [6.07, 6.45) is 5.29. The lowest BCUT2D eigenvalue weighted by atomic mass is 9.66. The van der Waals surface area contributed by atoms with Gasteiger partial charge in [0.1, 0.15) is 5.75 Å². The Balaban J connectivity index is 2.32. The Bertz CT molecular complexity index is 515. The van der Waals surface area contributed by atoms with Gasteiger partial charge in [-0.3, -0.25) is 4.79 Å². The summed E-state index contributed by atoms with van der Waals surface area (Å²) in [7, 11) is 1.63. The van der Waals surface area contributed by atoms with E-state index >= 15 is 0 Å². The van der Waals surface area contributed by atoms with E-state index in [1.54, 1.807) is 7.11 Å². The highest BCUT2D eigenvalue weighted by atomic mass is 79.9. The second-order valence-electron chi connectivity index (χ2n) is 6.09. The molecule has 1 aromatic rings. The Hall–Kier alpha value is -1.03. The molecule has 0 bridgehead atoms. The van der Waals surface area contributed by atoms with Crippen LogP contribution in [0.1, 0.15) is 44.6 Å². The summed E-state index contributed by atoms with van der Waals surface area (Å²) in [4.78, 5) is 12.0. The fraction of sp³-hybridized carbons (Fsp3) is 0.588. The van der Waals surface area contributed by atoms with Crippen molar-refractivity contribution >= 4 is 21.9 Å². The zero-order chi connectivity index (χ0) is 15.5. The van der Waals surface area contributed by atoms with Crippen LogP contribution in [0.25, 0.3) is 0 Å². The summed E-state index contributed by atoms with van der Waals surface area (Å²) in [5, 5.41) is 9.84. The number of ether oxygens (including phenoxy) is 1. The minimum atomic E-state index is -0.664. The third kappa shape index (κ3) is 3.60. The molecule has 1 saturated carbocycles. The maximum atomic E-state index is 12.0. The highest BCUT2D eigenvalue weighted by Crippen LogP contribution is 2.44. The molecule has 0 aromatic heterocycles. The third-order valence-corrected chi connectivity index (χ3v) is 5.24. The summed E-state index contributed by atoms with van der Waals surface area (Å²) in [5.74, 6) is 0.633. The summed E-state index contributed by atoms with van der Waals surface area (Å²) >= 11 is 3.47. The molecule has 1 aliphatic carbocycles. The molecule has 0 heterocycles. The van der Waals surface area contributed by atoms with E-state index < -0.39 is 11.4 Å². The minimum Gasteiger partial charge on any atom is -0.496 e. The van der Waals surface area contributed by atoms with Gasteiger partial charge in [0, 0.05) is 4.47 Å². The van der Waals surface area contributed by atoms with Crippen LogP contribution in [0, 0.1) is 11.3 Å². The molecule has 4 heteroatoms. The predicted octanol–water partition coefficient (Wildman–Crippen LogP) is 4.67. The maximum absolute atomic E-state index is 12.0. The molecule has 21 heavy (non-hydrogen) atoms. The monoisotopic (exact) mass is 354 g/mol. The summed E-state index contributed by atoms with van der Waals surface area (Å²) in [6.45, 7) is 2.16. The summed E-state index contributed by atoms with van der Waals surface area (Å²) in [6, 6.07) is 5.81. The number of carboxylic acid groups (broad SMARTS) is 1. The predicted molar refractivity (Wildman–Crippen MR) is 86.7 cm³/mol. The zero-order valence-electron chi connectivity index (χ0n) is 12.7. The molecule has 116 valence electrons. The average Bonchev–Trinajstić information content (AvgIpc) is 2.47. The van der Waals surface area contributed by atoms with Crippen LogP contribution in [0.3, 0.4) is 0 Å². The Kier molecular flexibility index (Phi) is 5.31. The van der Waals surface area contributed by atoms with Crippen molar-refractivity contribution in [3.05, 3.63) is 28.2 Å². The molecular weight excluding hydrogens is 332 g/mol. The van der Waals surface area contributed by atoms with Crippen molar-refractivity contribution < 1.29 is 14.6 Å². The maximum Gasteiger partial charge on any atom is 0.309 e. The number of carboxylic acids is 1. The highest BCUT2D eigenvalue weighted by molar-refractivity contribution is 9.10. The molecule has 1 fully saturated rings. The second kappa shape index (κ2) is 6.82. The van der Waals surface area contributed by atoms with E-state index in [1.807, 2.05) is 18.2 Å². The van der Waals surface area contributed by atoms with E-state index in [0.29, 0.717) is 12.3 Å². The van der Waals surface area contributed by atoms with Crippen molar-refractivity contribution in [3.63, 3.8) is 0 Å². The number of methoxy groups -OCH3 is 1. The standard InChI is InChI=1S/C17H23BrO3/c1-3-12-5-4-8-17(10-12,16(19)20)11-13-9-14(18)6-7-15(13)21-2/h6-7,9,12H,3-5,8,10-11H2,1-2H3,(H,19,20). The van der Waals surface area contributed by atoms with Crippen LogP contribution < -0.4 is 4.74 Å². The van der Waals surface area contributed by atoms with Crippen LogP contribution in [0.4, 0.5) is 0 Å². The number of aliphatic carboxylic acids is 1. The molecule has 2 atom stereocenters. The second-order valence-corrected chi connectivity index (χ2v) is 7.00. The SMILES string of the molecule is CCC1CCCC(Cc2cc(Br)ccc2OC)(C(=O)O)C1. The Morgan fingerprint density at radius 2 is 2.29 bits per heavy atom. The van der Waals surface area contributed by atoms with Gasteiger partial charge in [-0.25, -0.2) is 0 Å². The summed E-state index contributed by atoms with van der Waals surface area (Å²) in [5.41, 5.74) is 0.332. The lowest BCUT2D eigenvalue weighted by Gasteiger charge is -2.37. The quantitative estimate of drug-likeness (QED) is 0.835. The number of halogens is 1. The zero-order valence-corrected chi connectivity index (χ0v) is 14.3. The average molecular weight is 355 g/mol. The summed E-state index contributed by atoms with van der Waals surface area (Å²) < 4.78 is 6.37. The normalized spacial score (nSPS) is 25.6. The molecule has 0 spiro atoms. The molecule has 0 saturated heterocycles. The molecule has 3 nitrogen and oxygen atoms in total. The van der Waals surface area contributed by atoms with E-state index in [-0.39, 0.29) is 0 Å².